The van der Waals surface area contributed by atoms with Gasteiger partial charge in [-0.1, -0.05) is 6.07 Å². The van der Waals surface area contributed by atoms with Crippen LogP contribution in [-0.2, 0) is 13.0 Å². The second kappa shape index (κ2) is 7.51. The van der Waals surface area contributed by atoms with Crippen LogP contribution in [0.1, 0.15) is 22.6 Å². The van der Waals surface area contributed by atoms with Crippen molar-refractivity contribution in [2.24, 2.45) is 0 Å². The molecule has 6 heteroatoms. The molecule has 0 aromatic carbocycles. The number of aryl methyl sites for hydroxylation is 2. The lowest BCUT2D eigenvalue weighted by molar-refractivity contribution is 0.128. The Balaban J connectivity index is 1.33. The molecule has 0 aliphatic carbocycles. The standard InChI is InChI=1S/C20H26N6/c1-16-13-17(2)26-20(23-16)18(14-22-26)15-25-11-9-24(10-12-25)8-6-19-5-3-4-7-21-19/h3-5,7,13-14H,6,8-12,15H2,1-2H3. The zero-order valence-electron chi connectivity index (χ0n) is 15.6. The van der Waals surface area contributed by atoms with Gasteiger partial charge in [0.15, 0.2) is 5.65 Å². The van der Waals surface area contributed by atoms with E-state index in [1.165, 1.54) is 11.3 Å². The van der Waals surface area contributed by atoms with Gasteiger partial charge in [-0.15, -0.1) is 0 Å². The zero-order chi connectivity index (χ0) is 17.9. The first-order valence-electron chi connectivity index (χ1n) is 9.34. The number of rotatable bonds is 5. The van der Waals surface area contributed by atoms with Crippen LogP contribution in [0.5, 0.6) is 0 Å². The van der Waals surface area contributed by atoms with Crippen LogP contribution in [0, 0.1) is 13.8 Å². The van der Waals surface area contributed by atoms with Crippen LogP contribution in [0.25, 0.3) is 5.65 Å². The predicted octanol–water partition coefficient (Wildman–Crippen LogP) is 2.10. The Morgan fingerprint density at radius 1 is 1.04 bits per heavy atom. The Bertz CT molecular complexity index is 865. The number of nitrogens with zero attached hydrogens (tertiary/aromatic N) is 6. The van der Waals surface area contributed by atoms with Crippen molar-refractivity contribution >= 4 is 5.65 Å². The lowest BCUT2D eigenvalue weighted by Crippen LogP contribution is -2.46. The van der Waals surface area contributed by atoms with Crippen LogP contribution in [0.15, 0.2) is 36.7 Å². The molecule has 3 aromatic rings. The van der Waals surface area contributed by atoms with Crippen LogP contribution < -0.4 is 0 Å². The quantitative estimate of drug-likeness (QED) is 0.705. The molecule has 0 radical (unpaired) electrons. The highest BCUT2D eigenvalue weighted by atomic mass is 15.3. The second-order valence-electron chi connectivity index (χ2n) is 7.13. The van der Waals surface area contributed by atoms with E-state index < -0.39 is 0 Å². The minimum Gasteiger partial charge on any atom is -0.300 e. The molecule has 1 fully saturated rings. The number of aromatic nitrogens is 4. The van der Waals surface area contributed by atoms with E-state index in [2.05, 4.69) is 45.0 Å². The summed E-state index contributed by atoms with van der Waals surface area (Å²) in [6.45, 7) is 10.5. The van der Waals surface area contributed by atoms with Crippen LogP contribution in [-0.4, -0.2) is 62.1 Å². The van der Waals surface area contributed by atoms with Gasteiger partial charge in [-0.3, -0.25) is 9.88 Å². The summed E-state index contributed by atoms with van der Waals surface area (Å²) >= 11 is 0. The van der Waals surface area contributed by atoms with Gasteiger partial charge in [-0.25, -0.2) is 9.50 Å². The molecule has 26 heavy (non-hydrogen) atoms. The maximum atomic E-state index is 4.70. The fraction of sp³-hybridized carbons (Fsp3) is 0.450. The van der Waals surface area contributed by atoms with Crippen LogP contribution in [0.4, 0.5) is 0 Å². The maximum Gasteiger partial charge on any atom is 0.159 e. The van der Waals surface area contributed by atoms with E-state index in [1.54, 1.807) is 0 Å². The average molecular weight is 350 g/mol. The molecule has 6 nitrogen and oxygen atoms in total. The molecule has 0 atom stereocenters. The number of pyridine rings is 1. The highest BCUT2D eigenvalue weighted by Crippen LogP contribution is 2.15. The zero-order valence-corrected chi connectivity index (χ0v) is 15.6. The monoisotopic (exact) mass is 350 g/mol. The van der Waals surface area contributed by atoms with Gasteiger partial charge in [0.1, 0.15) is 0 Å². The van der Waals surface area contributed by atoms with E-state index in [4.69, 9.17) is 4.98 Å². The molecule has 3 aromatic heterocycles. The largest absolute Gasteiger partial charge is 0.300 e. The molecule has 0 unspecified atom stereocenters. The third-order valence-corrected chi connectivity index (χ3v) is 5.12. The van der Waals surface area contributed by atoms with Gasteiger partial charge in [0.25, 0.3) is 0 Å². The van der Waals surface area contributed by atoms with E-state index >= 15 is 0 Å². The summed E-state index contributed by atoms with van der Waals surface area (Å²) in [7, 11) is 0. The van der Waals surface area contributed by atoms with E-state index in [1.807, 2.05) is 29.9 Å². The topological polar surface area (TPSA) is 49.6 Å². The highest BCUT2D eigenvalue weighted by Gasteiger charge is 2.19. The molecule has 4 heterocycles. The van der Waals surface area contributed by atoms with Crippen LogP contribution >= 0.6 is 0 Å². The highest BCUT2D eigenvalue weighted by molar-refractivity contribution is 5.47. The molecule has 1 saturated heterocycles. The fourth-order valence-electron chi connectivity index (χ4n) is 3.66. The molecule has 0 bridgehead atoms. The van der Waals surface area contributed by atoms with E-state index in [0.717, 1.165) is 62.7 Å². The van der Waals surface area contributed by atoms with E-state index in [0.29, 0.717) is 0 Å². The summed E-state index contributed by atoms with van der Waals surface area (Å²) in [6.07, 6.45) is 4.88. The average Bonchev–Trinajstić information content (AvgIpc) is 3.05. The van der Waals surface area contributed by atoms with Gasteiger partial charge in [0.2, 0.25) is 0 Å². The molecule has 136 valence electrons. The number of fused-ring (bicyclic) bond motifs is 1. The SMILES string of the molecule is Cc1cc(C)n2ncc(CN3CCN(CCc4ccccn4)CC3)c2n1. The predicted molar refractivity (Wildman–Crippen MR) is 102 cm³/mol. The first-order valence-corrected chi connectivity index (χ1v) is 9.34. The van der Waals surface area contributed by atoms with Gasteiger partial charge in [0.05, 0.1) is 6.20 Å². The molecular formula is C20H26N6. The smallest absolute Gasteiger partial charge is 0.159 e. The van der Waals surface area contributed by atoms with Crippen LogP contribution in [0.2, 0.25) is 0 Å². The minimum atomic E-state index is 0.924. The van der Waals surface area contributed by atoms with Crippen molar-refractivity contribution in [3.63, 3.8) is 0 Å². The normalized spacial score (nSPS) is 16.4. The number of hydrogen-bond acceptors (Lipinski definition) is 5. The molecule has 1 aliphatic rings. The third kappa shape index (κ3) is 3.76. The number of piperazine rings is 1. The van der Waals surface area contributed by atoms with Gasteiger partial charge in [-0.05, 0) is 32.0 Å². The van der Waals surface area contributed by atoms with Gasteiger partial charge in [-0.2, -0.15) is 5.10 Å². The van der Waals surface area contributed by atoms with Crippen molar-refractivity contribution in [2.45, 2.75) is 26.8 Å². The summed E-state index contributed by atoms with van der Waals surface area (Å²) in [5.41, 5.74) is 5.59. The summed E-state index contributed by atoms with van der Waals surface area (Å²) in [5, 5.41) is 4.51. The van der Waals surface area contributed by atoms with Crippen LogP contribution in [0.3, 0.4) is 0 Å². The Morgan fingerprint density at radius 3 is 2.62 bits per heavy atom. The molecule has 0 saturated carbocycles. The molecular weight excluding hydrogens is 324 g/mol. The third-order valence-electron chi connectivity index (χ3n) is 5.12. The van der Waals surface area contributed by atoms with Crippen molar-refractivity contribution in [3.05, 3.63) is 59.3 Å². The van der Waals surface area contributed by atoms with E-state index in [-0.39, 0.29) is 0 Å². The van der Waals surface area contributed by atoms with Crippen molar-refractivity contribution in [2.75, 3.05) is 32.7 Å². The lowest BCUT2D eigenvalue weighted by Gasteiger charge is -2.34. The Hall–Kier alpha value is -2.31. The molecule has 1 aliphatic heterocycles. The minimum absolute atomic E-state index is 0.924. The summed E-state index contributed by atoms with van der Waals surface area (Å²) in [5.74, 6) is 0. The summed E-state index contributed by atoms with van der Waals surface area (Å²) in [6, 6.07) is 8.22. The Morgan fingerprint density at radius 2 is 1.85 bits per heavy atom. The van der Waals surface area contributed by atoms with Gasteiger partial charge < -0.3 is 4.90 Å². The van der Waals surface area contributed by atoms with Crippen molar-refractivity contribution < 1.29 is 0 Å². The van der Waals surface area contributed by atoms with Gasteiger partial charge >= 0.3 is 0 Å². The van der Waals surface area contributed by atoms with Crippen molar-refractivity contribution in [3.8, 4) is 0 Å². The summed E-state index contributed by atoms with van der Waals surface area (Å²) < 4.78 is 1.95. The van der Waals surface area contributed by atoms with Gasteiger partial charge in [0, 0.05) is 74.5 Å². The van der Waals surface area contributed by atoms with Crippen molar-refractivity contribution in [1.29, 1.82) is 0 Å². The molecule has 0 N–H and O–H groups in total. The first-order chi connectivity index (χ1) is 12.7. The van der Waals surface area contributed by atoms with E-state index in [9.17, 15) is 0 Å². The molecule has 4 rings (SSSR count). The fourth-order valence-corrected chi connectivity index (χ4v) is 3.66. The Kier molecular flexibility index (Phi) is 4.95. The van der Waals surface area contributed by atoms with Crippen molar-refractivity contribution in [1.82, 2.24) is 29.4 Å². The first kappa shape index (κ1) is 17.1. The molecule has 0 amide bonds. The Labute approximate surface area is 154 Å². The summed E-state index contributed by atoms with van der Waals surface area (Å²) in [4.78, 5) is 14.2. The second-order valence-corrected chi connectivity index (χ2v) is 7.13. The lowest BCUT2D eigenvalue weighted by atomic mass is 10.2. The molecule has 0 spiro atoms. The number of hydrogen-bond donors (Lipinski definition) is 0. The maximum absolute atomic E-state index is 4.70.